The maximum atomic E-state index is 6.03. The number of fused-ring (bicyclic) bond motifs is 3. The van der Waals surface area contributed by atoms with Gasteiger partial charge < -0.3 is 10.7 Å². The number of nitrogens with one attached hydrogen (secondary N) is 1. The molecule has 4 rings (SSSR count). The molecule has 0 aliphatic carbocycles. The molecule has 2 aromatic carbocycles. The second kappa shape index (κ2) is 4.06. The van der Waals surface area contributed by atoms with Crippen molar-refractivity contribution >= 4 is 27.8 Å². The largest absolute Gasteiger partial charge is 0.382 e. The van der Waals surface area contributed by atoms with Crippen LogP contribution in [0.15, 0.2) is 54.6 Å². The Labute approximate surface area is 115 Å². The molecular formula is C16H12N4. The van der Waals surface area contributed by atoms with Crippen molar-refractivity contribution in [3.63, 3.8) is 0 Å². The highest BCUT2D eigenvalue weighted by Crippen LogP contribution is 2.28. The van der Waals surface area contributed by atoms with Gasteiger partial charge in [-0.1, -0.05) is 48.5 Å². The van der Waals surface area contributed by atoms with Crippen LogP contribution in [0.1, 0.15) is 0 Å². The topological polar surface area (TPSA) is 67.6 Å². The third-order valence-electron chi connectivity index (χ3n) is 3.41. The molecule has 4 aromatic rings. The van der Waals surface area contributed by atoms with E-state index in [0.29, 0.717) is 5.82 Å². The number of para-hydroxylation sites is 1. The third-order valence-corrected chi connectivity index (χ3v) is 3.41. The van der Waals surface area contributed by atoms with Crippen LogP contribution in [0.4, 0.5) is 5.82 Å². The number of nitrogens with two attached hydrogens (primary N) is 1. The smallest absolute Gasteiger partial charge is 0.150 e. The highest BCUT2D eigenvalue weighted by atomic mass is 15.0. The molecule has 96 valence electrons. The van der Waals surface area contributed by atoms with Gasteiger partial charge in [-0.2, -0.15) is 0 Å². The summed E-state index contributed by atoms with van der Waals surface area (Å²) in [7, 11) is 0. The van der Waals surface area contributed by atoms with E-state index < -0.39 is 0 Å². The molecule has 0 saturated heterocycles. The van der Waals surface area contributed by atoms with Crippen molar-refractivity contribution in [2.45, 2.75) is 0 Å². The summed E-state index contributed by atoms with van der Waals surface area (Å²) in [5.41, 5.74) is 9.59. The molecule has 4 heteroatoms. The fourth-order valence-electron chi connectivity index (χ4n) is 2.44. The Morgan fingerprint density at radius 1 is 0.850 bits per heavy atom. The molecule has 0 aliphatic rings. The lowest BCUT2D eigenvalue weighted by Gasteiger charge is -1.99. The monoisotopic (exact) mass is 260 g/mol. The Bertz CT molecular complexity index is 910. The van der Waals surface area contributed by atoms with Gasteiger partial charge >= 0.3 is 0 Å². The summed E-state index contributed by atoms with van der Waals surface area (Å²) in [5.74, 6) is 1.29. The van der Waals surface area contributed by atoms with E-state index in [1.165, 1.54) is 0 Å². The number of benzene rings is 2. The van der Waals surface area contributed by atoms with Gasteiger partial charge in [0.2, 0.25) is 0 Å². The van der Waals surface area contributed by atoms with Gasteiger partial charge in [0.1, 0.15) is 22.7 Å². The van der Waals surface area contributed by atoms with Gasteiger partial charge in [-0.15, -0.1) is 0 Å². The van der Waals surface area contributed by atoms with Gasteiger partial charge in [0.05, 0.1) is 5.52 Å². The Hall–Kier alpha value is -2.88. The molecule has 2 aromatic heterocycles. The van der Waals surface area contributed by atoms with Crippen LogP contribution in [0.2, 0.25) is 0 Å². The molecule has 20 heavy (non-hydrogen) atoms. The second-order valence-electron chi connectivity index (χ2n) is 4.69. The number of anilines is 1. The first-order valence-corrected chi connectivity index (χ1v) is 6.42. The Balaban J connectivity index is 2.08. The number of pyridine rings is 1. The van der Waals surface area contributed by atoms with Gasteiger partial charge in [-0.25, -0.2) is 9.97 Å². The van der Waals surface area contributed by atoms with Crippen molar-refractivity contribution in [3.8, 4) is 11.4 Å². The Morgan fingerprint density at radius 3 is 2.45 bits per heavy atom. The minimum atomic E-state index is 0.480. The van der Waals surface area contributed by atoms with E-state index in [2.05, 4.69) is 9.97 Å². The number of H-pyrrole nitrogens is 1. The van der Waals surface area contributed by atoms with Crippen molar-refractivity contribution < 1.29 is 0 Å². The molecule has 0 aliphatic heterocycles. The van der Waals surface area contributed by atoms with Gasteiger partial charge in [-0.05, 0) is 6.07 Å². The van der Waals surface area contributed by atoms with Gasteiger partial charge in [0, 0.05) is 10.9 Å². The van der Waals surface area contributed by atoms with E-state index in [-0.39, 0.29) is 0 Å². The predicted molar refractivity (Wildman–Crippen MR) is 81.2 cm³/mol. The third kappa shape index (κ3) is 1.55. The van der Waals surface area contributed by atoms with Crippen LogP contribution < -0.4 is 5.73 Å². The lowest BCUT2D eigenvalue weighted by Crippen LogP contribution is -1.92. The zero-order valence-corrected chi connectivity index (χ0v) is 10.7. The minimum absolute atomic E-state index is 0.480. The van der Waals surface area contributed by atoms with E-state index in [1.54, 1.807) is 0 Å². The number of aromatic nitrogens is 3. The second-order valence-corrected chi connectivity index (χ2v) is 4.69. The molecule has 0 radical (unpaired) electrons. The van der Waals surface area contributed by atoms with E-state index in [9.17, 15) is 0 Å². The first-order chi connectivity index (χ1) is 9.83. The SMILES string of the molecule is Nc1nc2ccccc2c2nc(-c3ccccc3)[nH]c12. The molecule has 0 unspecified atom stereocenters. The quantitative estimate of drug-likeness (QED) is 0.551. The van der Waals surface area contributed by atoms with E-state index in [1.807, 2.05) is 54.6 Å². The van der Waals surface area contributed by atoms with Gasteiger partial charge in [0.15, 0.2) is 0 Å². The van der Waals surface area contributed by atoms with Gasteiger partial charge in [0.25, 0.3) is 0 Å². The minimum Gasteiger partial charge on any atom is -0.382 e. The Morgan fingerprint density at radius 2 is 1.60 bits per heavy atom. The standard InChI is InChI=1S/C16H12N4/c17-15-14-13(11-8-4-5-9-12(11)18-15)19-16(20-14)10-6-2-1-3-7-10/h1-9H,(H2,17,18)(H,19,20). The molecular weight excluding hydrogens is 248 g/mol. The lowest BCUT2D eigenvalue weighted by atomic mass is 10.2. The zero-order chi connectivity index (χ0) is 13.5. The van der Waals surface area contributed by atoms with Crippen molar-refractivity contribution in [1.82, 2.24) is 15.0 Å². The van der Waals surface area contributed by atoms with Crippen LogP contribution in [0.5, 0.6) is 0 Å². The first-order valence-electron chi connectivity index (χ1n) is 6.42. The van der Waals surface area contributed by atoms with E-state index in [4.69, 9.17) is 10.7 Å². The van der Waals surface area contributed by atoms with Crippen molar-refractivity contribution in [1.29, 1.82) is 0 Å². The van der Waals surface area contributed by atoms with Crippen molar-refractivity contribution in [2.24, 2.45) is 0 Å². The van der Waals surface area contributed by atoms with Crippen LogP contribution in [0.3, 0.4) is 0 Å². The molecule has 0 saturated carbocycles. The summed E-state index contributed by atoms with van der Waals surface area (Å²) in [6, 6.07) is 17.9. The highest BCUT2D eigenvalue weighted by molar-refractivity contribution is 6.06. The normalized spacial score (nSPS) is 11.2. The highest BCUT2D eigenvalue weighted by Gasteiger charge is 2.11. The average molecular weight is 260 g/mol. The van der Waals surface area contributed by atoms with Crippen LogP contribution in [-0.4, -0.2) is 15.0 Å². The maximum absolute atomic E-state index is 6.03. The van der Waals surface area contributed by atoms with Crippen LogP contribution in [0.25, 0.3) is 33.3 Å². The average Bonchev–Trinajstić information content (AvgIpc) is 2.94. The molecule has 3 N–H and O–H groups in total. The molecule has 0 spiro atoms. The van der Waals surface area contributed by atoms with Crippen LogP contribution in [0, 0.1) is 0 Å². The predicted octanol–water partition coefficient (Wildman–Crippen LogP) is 3.36. The summed E-state index contributed by atoms with van der Waals surface area (Å²) >= 11 is 0. The number of aromatic amines is 1. The lowest BCUT2D eigenvalue weighted by molar-refractivity contribution is 1.33. The number of imidazole rings is 1. The molecule has 0 fully saturated rings. The summed E-state index contributed by atoms with van der Waals surface area (Å²) in [6.07, 6.45) is 0. The number of rotatable bonds is 1. The summed E-state index contributed by atoms with van der Waals surface area (Å²) < 4.78 is 0. The fourth-order valence-corrected chi connectivity index (χ4v) is 2.44. The zero-order valence-electron chi connectivity index (χ0n) is 10.7. The van der Waals surface area contributed by atoms with Crippen LogP contribution >= 0.6 is 0 Å². The fraction of sp³-hybridized carbons (Fsp3) is 0. The summed E-state index contributed by atoms with van der Waals surface area (Å²) in [5, 5.41) is 1.01. The molecule has 2 heterocycles. The summed E-state index contributed by atoms with van der Waals surface area (Å²) in [6.45, 7) is 0. The number of hydrogen-bond acceptors (Lipinski definition) is 3. The molecule has 0 atom stereocenters. The van der Waals surface area contributed by atoms with E-state index >= 15 is 0 Å². The maximum Gasteiger partial charge on any atom is 0.150 e. The molecule has 0 bridgehead atoms. The molecule has 0 amide bonds. The van der Waals surface area contributed by atoms with Gasteiger partial charge in [-0.3, -0.25) is 0 Å². The van der Waals surface area contributed by atoms with E-state index in [0.717, 1.165) is 33.3 Å². The van der Waals surface area contributed by atoms with Crippen LogP contribution in [-0.2, 0) is 0 Å². The number of nitrogens with zero attached hydrogens (tertiary/aromatic N) is 2. The summed E-state index contributed by atoms with van der Waals surface area (Å²) in [4.78, 5) is 12.4. The van der Waals surface area contributed by atoms with Crippen molar-refractivity contribution in [3.05, 3.63) is 54.6 Å². The first kappa shape index (κ1) is 11.0. The number of nitrogen functional groups attached to an aromatic ring is 1. The Kier molecular flexibility index (Phi) is 2.23. The number of hydrogen-bond donors (Lipinski definition) is 2. The van der Waals surface area contributed by atoms with Crippen molar-refractivity contribution in [2.75, 3.05) is 5.73 Å². The molecule has 4 nitrogen and oxygen atoms in total.